The van der Waals surface area contributed by atoms with Gasteiger partial charge in [-0.25, -0.2) is 4.98 Å². The van der Waals surface area contributed by atoms with Gasteiger partial charge in [0.1, 0.15) is 5.82 Å². The lowest BCUT2D eigenvalue weighted by molar-refractivity contribution is 0.822. The molecule has 12 heavy (non-hydrogen) atoms. The van der Waals surface area contributed by atoms with E-state index in [1.165, 1.54) is 5.69 Å². The van der Waals surface area contributed by atoms with E-state index in [4.69, 9.17) is 0 Å². The summed E-state index contributed by atoms with van der Waals surface area (Å²) in [6, 6.07) is 0. The Kier molecular flexibility index (Phi) is 3.20. The van der Waals surface area contributed by atoms with E-state index in [2.05, 4.69) is 30.4 Å². The molecule has 68 valence electrons. The molecule has 0 aliphatic carbocycles. The molecule has 0 aromatic carbocycles. The van der Waals surface area contributed by atoms with Gasteiger partial charge in [0.05, 0.1) is 0 Å². The van der Waals surface area contributed by atoms with Crippen LogP contribution >= 0.6 is 11.8 Å². The summed E-state index contributed by atoms with van der Waals surface area (Å²) in [5, 5.41) is 0.695. The van der Waals surface area contributed by atoms with Crippen molar-refractivity contribution in [3.63, 3.8) is 0 Å². The SMILES string of the molecule is Cc1ncc(CSC(C)C)n1C. The summed E-state index contributed by atoms with van der Waals surface area (Å²) in [5.74, 6) is 2.16. The molecule has 0 atom stereocenters. The van der Waals surface area contributed by atoms with Gasteiger partial charge in [-0.1, -0.05) is 13.8 Å². The van der Waals surface area contributed by atoms with Crippen LogP contribution in [0.15, 0.2) is 6.20 Å². The minimum Gasteiger partial charge on any atom is -0.335 e. The normalized spacial score (nSPS) is 11.1. The zero-order valence-corrected chi connectivity index (χ0v) is 8.98. The summed E-state index contributed by atoms with van der Waals surface area (Å²) in [4.78, 5) is 4.24. The molecule has 0 aliphatic rings. The van der Waals surface area contributed by atoms with E-state index < -0.39 is 0 Å². The third kappa shape index (κ3) is 2.27. The Morgan fingerprint density at radius 3 is 2.67 bits per heavy atom. The summed E-state index contributed by atoms with van der Waals surface area (Å²) >= 11 is 1.95. The first kappa shape index (κ1) is 9.65. The second-order valence-electron chi connectivity index (χ2n) is 3.22. The topological polar surface area (TPSA) is 17.8 Å². The number of aryl methyl sites for hydroxylation is 1. The van der Waals surface area contributed by atoms with Crippen LogP contribution in [-0.4, -0.2) is 14.8 Å². The molecule has 0 saturated heterocycles. The first-order valence-corrected chi connectivity index (χ1v) is 5.25. The van der Waals surface area contributed by atoms with Gasteiger partial charge in [0.25, 0.3) is 0 Å². The molecule has 0 bridgehead atoms. The van der Waals surface area contributed by atoms with Crippen molar-refractivity contribution in [2.24, 2.45) is 7.05 Å². The van der Waals surface area contributed by atoms with E-state index in [0.29, 0.717) is 5.25 Å². The van der Waals surface area contributed by atoms with Crippen LogP contribution in [0.2, 0.25) is 0 Å². The van der Waals surface area contributed by atoms with E-state index in [1.807, 2.05) is 24.9 Å². The lowest BCUT2D eigenvalue weighted by atomic mass is 10.5. The van der Waals surface area contributed by atoms with Gasteiger partial charge in [0.15, 0.2) is 0 Å². The quantitative estimate of drug-likeness (QED) is 0.717. The summed E-state index contributed by atoms with van der Waals surface area (Å²) < 4.78 is 2.15. The molecule has 1 aromatic heterocycles. The molecule has 0 fully saturated rings. The average Bonchev–Trinajstić information content (AvgIpc) is 2.30. The van der Waals surface area contributed by atoms with E-state index >= 15 is 0 Å². The smallest absolute Gasteiger partial charge is 0.105 e. The molecule has 0 unspecified atom stereocenters. The Labute approximate surface area is 78.4 Å². The summed E-state index contributed by atoms with van der Waals surface area (Å²) in [6.45, 7) is 6.46. The Hall–Kier alpha value is -0.440. The fourth-order valence-electron chi connectivity index (χ4n) is 0.935. The van der Waals surface area contributed by atoms with Crippen molar-refractivity contribution in [2.45, 2.75) is 31.8 Å². The minimum absolute atomic E-state index is 0.695. The van der Waals surface area contributed by atoms with E-state index in [1.54, 1.807) is 0 Å². The van der Waals surface area contributed by atoms with Crippen molar-refractivity contribution in [3.05, 3.63) is 17.7 Å². The summed E-state index contributed by atoms with van der Waals surface area (Å²) in [7, 11) is 2.07. The largest absolute Gasteiger partial charge is 0.335 e. The predicted octanol–water partition coefficient (Wildman–Crippen LogP) is 2.37. The third-order valence-electron chi connectivity index (χ3n) is 1.88. The Bertz CT molecular complexity index is 253. The van der Waals surface area contributed by atoms with Crippen LogP contribution in [0.25, 0.3) is 0 Å². The molecular formula is C9H16N2S. The van der Waals surface area contributed by atoms with Crippen LogP contribution < -0.4 is 0 Å². The van der Waals surface area contributed by atoms with Gasteiger partial charge < -0.3 is 4.57 Å². The highest BCUT2D eigenvalue weighted by atomic mass is 32.2. The van der Waals surface area contributed by atoms with E-state index in [0.717, 1.165) is 11.6 Å². The molecule has 0 saturated carbocycles. The third-order valence-corrected chi connectivity index (χ3v) is 3.01. The molecule has 0 spiro atoms. The fourth-order valence-corrected chi connectivity index (χ4v) is 1.71. The van der Waals surface area contributed by atoms with E-state index in [9.17, 15) is 0 Å². The molecule has 0 amide bonds. The lowest BCUT2D eigenvalue weighted by Gasteiger charge is -2.05. The number of hydrogen-bond donors (Lipinski definition) is 0. The van der Waals surface area contributed by atoms with Gasteiger partial charge in [-0.2, -0.15) is 11.8 Å². The predicted molar refractivity (Wildman–Crippen MR) is 54.4 cm³/mol. The number of aromatic nitrogens is 2. The molecule has 0 N–H and O–H groups in total. The van der Waals surface area contributed by atoms with Gasteiger partial charge in [-0.3, -0.25) is 0 Å². The number of hydrogen-bond acceptors (Lipinski definition) is 2. The molecule has 2 nitrogen and oxygen atoms in total. The van der Waals surface area contributed by atoms with Crippen molar-refractivity contribution in [1.82, 2.24) is 9.55 Å². The molecule has 0 aliphatic heterocycles. The average molecular weight is 184 g/mol. The van der Waals surface area contributed by atoms with Gasteiger partial charge in [0, 0.05) is 24.7 Å². The molecule has 1 heterocycles. The Balaban J connectivity index is 2.58. The minimum atomic E-state index is 0.695. The van der Waals surface area contributed by atoms with Crippen LogP contribution in [0, 0.1) is 6.92 Å². The number of rotatable bonds is 3. The molecule has 3 heteroatoms. The monoisotopic (exact) mass is 184 g/mol. The first-order valence-electron chi connectivity index (χ1n) is 4.20. The van der Waals surface area contributed by atoms with Crippen LogP contribution in [0.4, 0.5) is 0 Å². The second-order valence-corrected chi connectivity index (χ2v) is 4.78. The van der Waals surface area contributed by atoms with Crippen LogP contribution in [0.5, 0.6) is 0 Å². The fraction of sp³-hybridized carbons (Fsp3) is 0.667. The number of imidazole rings is 1. The van der Waals surface area contributed by atoms with Crippen molar-refractivity contribution in [3.8, 4) is 0 Å². The van der Waals surface area contributed by atoms with Crippen molar-refractivity contribution in [2.75, 3.05) is 0 Å². The molecular weight excluding hydrogens is 168 g/mol. The van der Waals surface area contributed by atoms with Crippen molar-refractivity contribution >= 4 is 11.8 Å². The van der Waals surface area contributed by atoms with E-state index in [-0.39, 0.29) is 0 Å². The van der Waals surface area contributed by atoms with Gasteiger partial charge in [0.2, 0.25) is 0 Å². The van der Waals surface area contributed by atoms with Crippen LogP contribution in [0.1, 0.15) is 25.4 Å². The highest BCUT2D eigenvalue weighted by Crippen LogP contribution is 2.16. The second kappa shape index (κ2) is 3.99. The van der Waals surface area contributed by atoms with Crippen LogP contribution in [-0.2, 0) is 12.8 Å². The highest BCUT2D eigenvalue weighted by Gasteiger charge is 2.03. The number of thioether (sulfide) groups is 1. The van der Waals surface area contributed by atoms with Gasteiger partial charge in [-0.05, 0) is 12.2 Å². The lowest BCUT2D eigenvalue weighted by Crippen LogP contribution is -1.98. The summed E-state index contributed by atoms with van der Waals surface area (Å²) in [6.07, 6.45) is 1.96. The highest BCUT2D eigenvalue weighted by molar-refractivity contribution is 7.99. The zero-order chi connectivity index (χ0) is 9.14. The van der Waals surface area contributed by atoms with Gasteiger partial charge >= 0.3 is 0 Å². The summed E-state index contributed by atoms with van der Waals surface area (Å²) in [5.41, 5.74) is 1.31. The Morgan fingerprint density at radius 2 is 2.25 bits per heavy atom. The zero-order valence-electron chi connectivity index (χ0n) is 8.16. The standard InChI is InChI=1S/C9H16N2S/c1-7(2)12-6-9-5-10-8(3)11(9)4/h5,7H,6H2,1-4H3. The Morgan fingerprint density at radius 1 is 1.58 bits per heavy atom. The maximum atomic E-state index is 4.24. The first-order chi connectivity index (χ1) is 5.61. The van der Waals surface area contributed by atoms with Crippen LogP contribution in [0.3, 0.4) is 0 Å². The maximum absolute atomic E-state index is 4.24. The van der Waals surface area contributed by atoms with Gasteiger partial charge in [-0.15, -0.1) is 0 Å². The number of nitrogens with zero attached hydrogens (tertiary/aromatic N) is 2. The molecule has 1 aromatic rings. The maximum Gasteiger partial charge on any atom is 0.105 e. The van der Waals surface area contributed by atoms with Crippen molar-refractivity contribution in [1.29, 1.82) is 0 Å². The van der Waals surface area contributed by atoms with Crippen molar-refractivity contribution < 1.29 is 0 Å². The molecule has 0 radical (unpaired) electrons. The molecule has 1 rings (SSSR count).